The molecule has 2 aromatic carbocycles. The number of likely N-dealkylation sites (tertiary alicyclic amines) is 1. The molecule has 1 heterocycles. The first kappa shape index (κ1) is 19.6. The van der Waals surface area contributed by atoms with E-state index in [4.69, 9.17) is 4.74 Å². The van der Waals surface area contributed by atoms with E-state index in [9.17, 15) is 14.4 Å². The summed E-state index contributed by atoms with van der Waals surface area (Å²) in [6.07, 6.45) is 3.23. The van der Waals surface area contributed by atoms with Gasteiger partial charge in [-0.2, -0.15) is 0 Å². The molecule has 2 aromatic rings. The molecule has 0 bridgehead atoms. The van der Waals surface area contributed by atoms with Gasteiger partial charge in [-0.05, 0) is 68.7 Å². The van der Waals surface area contributed by atoms with Crippen LogP contribution in [-0.2, 0) is 4.79 Å². The van der Waals surface area contributed by atoms with E-state index in [2.05, 4.69) is 5.32 Å². The number of ketones is 1. The van der Waals surface area contributed by atoms with Gasteiger partial charge in [-0.1, -0.05) is 6.07 Å². The molecule has 6 heteroatoms. The number of Topliss-reactive ketones (excluding diaryl/α,β-unsaturated/α-hetero) is 1. The Morgan fingerprint density at radius 1 is 0.964 bits per heavy atom. The van der Waals surface area contributed by atoms with Crippen molar-refractivity contribution in [3.8, 4) is 5.75 Å². The number of ether oxygens (including phenoxy) is 1. The Morgan fingerprint density at radius 2 is 1.68 bits per heavy atom. The second-order valence-electron chi connectivity index (χ2n) is 6.85. The van der Waals surface area contributed by atoms with Crippen LogP contribution in [0.25, 0.3) is 0 Å². The quantitative estimate of drug-likeness (QED) is 0.778. The molecule has 6 nitrogen and oxygen atoms in total. The van der Waals surface area contributed by atoms with Gasteiger partial charge in [-0.15, -0.1) is 0 Å². The molecule has 2 amide bonds. The fraction of sp³-hybridized carbons (Fsp3) is 0.318. The average molecular weight is 380 g/mol. The number of anilines is 1. The van der Waals surface area contributed by atoms with Crippen molar-refractivity contribution < 1.29 is 19.1 Å². The van der Waals surface area contributed by atoms with Crippen LogP contribution in [-0.4, -0.2) is 42.2 Å². The summed E-state index contributed by atoms with van der Waals surface area (Å²) in [7, 11) is 0. The molecule has 1 aliphatic rings. The summed E-state index contributed by atoms with van der Waals surface area (Å²) < 4.78 is 5.45. The Bertz CT molecular complexity index is 855. The van der Waals surface area contributed by atoms with E-state index in [0.29, 0.717) is 22.6 Å². The monoisotopic (exact) mass is 380 g/mol. The first-order valence-corrected chi connectivity index (χ1v) is 9.46. The summed E-state index contributed by atoms with van der Waals surface area (Å²) >= 11 is 0. The zero-order chi connectivity index (χ0) is 19.9. The fourth-order valence-corrected chi connectivity index (χ4v) is 3.14. The number of rotatable bonds is 6. The third kappa shape index (κ3) is 5.19. The number of benzene rings is 2. The number of hydrogen-bond donors (Lipinski definition) is 1. The Hall–Kier alpha value is -3.15. The van der Waals surface area contributed by atoms with Crippen LogP contribution in [0.5, 0.6) is 5.75 Å². The molecule has 0 unspecified atom stereocenters. The van der Waals surface area contributed by atoms with Crippen LogP contribution in [0.2, 0.25) is 0 Å². The number of hydrogen-bond acceptors (Lipinski definition) is 4. The summed E-state index contributed by atoms with van der Waals surface area (Å²) in [5.74, 6) is 0.160. The summed E-state index contributed by atoms with van der Waals surface area (Å²) in [6.45, 7) is 2.90. The highest BCUT2D eigenvalue weighted by molar-refractivity contribution is 5.97. The van der Waals surface area contributed by atoms with E-state index in [-0.39, 0.29) is 24.2 Å². The van der Waals surface area contributed by atoms with Crippen LogP contribution in [0.1, 0.15) is 46.9 Å². The highest BCUT2D eigenvalue weighted by atomic mass is 16.5. The van der Waals surface area contributed by atoms with E-state index in [1.165, 1.54) is 6.92 Å². The lowest BCUT2D eigenvalue weighted by Gasteiger charge is -2.26. The number of carbonyl (C=O) groups is 3. The van der Waals surface area contributed by atoms with Crippen LogP contribution in [0.3, 0.4) is 0 Å². The van der Waals surface area contributed by atoms with Gasteiger partial charge in [0.25, 0.3) is 11.8 Å². The number of nitrogens with one attached hydrogen (secondary N) is 1. The van der Waals surface area contributed by atoms with E-state index < -0.39 is 0 Å². The van der Waals surface area contributed by atoms with Gasteiger partial charge in [0.2, 0.25) is 0 Å². The van der Waals surface area contributed by atoms with Crippen molar-refractivity contribution in [2.45, 2.75) is 26.2 Å². The first-order chi connectivity index (χ1) is 13.5. The van der Waals surface area contributed by atoms with Crippen molar-refractivity contribution in [2.24, 2.45) is 0 Å². The van der Waals surface area contributed by atoms with Gasteiger partial charge in [0, 0.05) is 29.9 Å². The third-order valence-corrected chi connectivity index (χ3v) is 4.67. The number of piperidine rings is 1. The van der Waals surface area contributed by atoms with Crippen molar-refractivity contribution in [1.82, 2.24) is 4.90 Å². The topological polar surface area (TPSA) is 75.7 Å². The van der Waals surface area contributed by atoms with E-state index in [1.807, 2.05) is 4.90 Å². The molecule has 0 aliphatic carbocycles. The number of carbonyl (C=O) groups excluding carboxylic acids is 3. The van der Waals surface area contributed by atoms with Gasteiger partial charge in [-0.25, -0.2) is 0 Å². The molecule has 146 valence electrons. The largest absolute Gasteiger partial charge is 0.484 e. The van der Waals surface area contributed by atoms with E-state index in [0.717, 1.165) is 32.4 Å². The van der Waals surface area contributed by atoms with Crippen molar-refractivity contribution in [3.63, 3.8) is 0 Å². The maximum Gasteiger partial charge on any atom is 0.262 e. The van der Waals surface area contributed by atoms with Crippen LogP contribution in [0, 0.1) is 0 Å². The average Bonchev–Trinajstić information content (AvgIpc) is 2.73. The Morgan fingerprint density at radius 3 is 2.36 bits per heavy atom. The molecule has 1 N–H and O–H groups in total. The molecule has 1 aliphatic heterocycles. The van der Waals surface area contributed by atoms with Gasteiger partial charge >= 0.3 is 0 Å². The van der Waals surface area contributed by atoms with E-state index >= 15 is 0 Å². The first-order valence-electron chi connectivity index (χ1n) is 9.46. The molecule has 0 saturated carbocycles. The van der Waals surface area contributed by atoms with Crippen LogP contribution in [0.15, 0.2) is 48.5 Å². The molecule has 0 atom stereocenters. The van der Waals surface area contributed by atoms with Gasteiger partial charge in [-0.3, -0.25) is 14.4 Å². The number of nitrogens with zero attached hydrogens (tertiary/aromatic N) is 1. The summed E-state index contributed by atoms with van der Waals surface area (Å²) in [4.78, 5) is 37.9. The molecule has 3 rings (SSSR count). The Kier molecular flexibility index (Phi) is 6.42. The van der Waals surface area contributed by atoms with Crippen molar-refractivity contribution in [2.75, 3.05) is 25.0 Å². The lowest BCUT2D eigenvalue weighted by molar-refractivity contribution is -0.118. The predicted octanol–water partition coefficient (Wildman–Crippen LogP) is 3.53. The zero-order valence-electron chi connectivity index (χ0n) is 15.9. The Labute approximate surface area is 164 Å². The minimum absolute atomic E-state index is 0.00221. The van der Waals surface area contributed by atoms with Gasteiger partial charge in [0.1, 0.15) is 5.75 Å². The maximum absolute atomic E-state index is 12.6. The van der Waals surface area contributed by atoms with Gasteiger partial charge in [0.15, 0.2) is 12.4 Å². The summed E-state index contributed by atoms with van der Waals surface area (Å²) in [6, 6.07) is 13.6. The van der Waals surface area contributed by atoms with Crippen LogP contribution >= 0.6 is 0 Å². The van der Waals surface area contributed by atoms with Crippen molar-refractivity contribution in [1.29, 1.82) is 0 Å². The molecule has 1 fully saturated rings. The molecule has 1 saturated heterocycles. The van der Waals surface area contributed by atoms with Gasteiger partial charge < -0.3 is 15.0 Å². The molecular formula is C22H24N2O4. The zero-order valence-corrected chi connectivity index (χ0v) is 15.9. The van der Waals surface area contributed by atoms with Crippen LogP contribution in [0.4, 0.5) is 5.69 Å². The minimum atomic E-state index is -0.321. The molecule has 28 heavy (non-hydrogen) atoms. The number of amides is 2. The van der Waals surface area contributed by atoms with Crippen molar-refractivity contribution >= 4 is 23.3 Å². The minimum Gasteiger partial charge on any atom is -0.484 e. The maximum atomic E-state index is 12.6. The second kappa shape index (κ2) is 9.17. The van der Waals surface area contributed by atoms with Crippen LogP contribution < -0.4 is 10.1 Å². The summed E-state index contributed by atoms with van der Waals surface area (Å²) in [5, 5.41) is 2.75. The molecular weight excluding hydrogens is 356 g/mol. The van der Waals surface area contributed by atoms with Crippen molar-refractivity contribution in [3.05, 3.63) is 59.7 Å². The fourth-order valence-electron chi connectivity index (χ4n) is 3.14. The summed E-state index contributed by atoms with van der Waals surface area (Å²) in [5.41, 5.74) is 1.72. The molecule has 0 aromatic heterocycles. The standard InChI is InChI=1S/C22H24N2O4/c1-16(25)17-8-10-20(11-9-17)28-15-21(26)23-19-7-5-6-18(14-19)22(27)24-12-3-2-4-13-24/h5-11,14H,2-4,12-13,15H2,1H3,(H,23,26). The molecule has 0 radical (unpaired) electrons. The normalized spacial score (nSPS) is 13.7. The highest BCUT2D eigenvalue weighted by Crippen LogP contribution is 2.17. The SMILES string of the molecule is CC(=O)c1ccc(OCC(=O)Nc2cccc(C(=O)N3CCCCC3)c2)cc1. The highest BCUT2D eigenvalue weighted by Gasteiger charge is 2.18. The lowest BCUT2D eigenvalue weighted by atomic mass is 10.1. The molecule has 0 spiro atoms. The van der Waals surface area contributed by atoms with Gasteiger partial charge in [0.05, 0.1) is 0 Å². The Balaban J connectivity index is 1.55. The third-order valence-electron chi connectivity index (χ3n) is 4.67. The smallest absolute Gasteiger partial charge is 0.262 e. The van der Waals surface area contributed by atoms with E-state index in [1.54, 1.807) is 48.5 Å². The second-order valence-corrected chi connectivity index (χ2v) is 6.85. The predicted molar refractivity (Wildman–Crippen MR) is 107 cm³/mol. The lowest BCUT2D eigenvalue weighted by Crippen LogP contribution is -2.35.